The SMILES string of the molecule is C=CC(=O)OO[Si](OCC)(OCC)OCC. The lowest BCUT2D eigenvalue weighted by atomic mass is 10.7. The summed E-state index contributed by atoms with van der Waals surface area (Å²) in [6, 6.07) is 0. The first-order valence-electron chi connectivity index (χ1n) is 5.08. The zero-order chi connectivity index (χ0) is 12.4. The molecule has 0 saturated heterocycles. The molecular formula is C9H18O6Si. The normalized spacial score (nSPS) is 11.2. The Morgan fingerprint density at radius 1 is 1.12 bits per heavy atom. The van der Waals surface area contributed by atoms with Gasteiger partial charge in [-0.15, -0.1) is 4.58 Å². The van der Waals surface area contributed by atoms with E-state index in [1.807, 2.05) is 0 Å². The molecule has 0 bridgehead atoms. The van der Waals surface area contributed by atoms with Gasteiger partial charge in [0.1, 0.15) is 0 Å². The molecule has 0 aromatic rings. The minimum absolute atomic E-state index is 0.331. The largest absolute Gasteiger partial charge is 0.717 e. The molecule has 0 N–H and O–H groups in total. The van der Waals surface area contributed by atoms with Gasteiger partial charge in [0.15, 0.2) is 0 Å². The van der Waals surface area contributed by atoms with Crippen molar-refractivity contribution in [1.82, 2.24) is 0 Å². The van der Waals surface area contributed by atoms with E-state index in [2.05, 4.69) is 11.5 Å². The highest BCUT2D eigenvalue weighted by molar-refractivity contribution is 6.53. The highest BCUT2D eigenvalue weighted by Crippen LogP contribution is 2.12. The van der Waals surface area contributed by atoms with E-state index in [1.165, 1.54) is 0 Å². The van der Waals surface area contributed by atoms with E-state index in [0.717, 1.165) is 6.08 Å². The Morgan fingerprint density at radius 3 is 1.88 bits per heavy atom. The van der Waals surface area contributed by atoms with Crippen molar-refractivity contribution in [3.8, 4) is 0 Å². The van der Waals surface area contributed by atoms with Gasteiger partial charge in [-0.1, -0.05) is 6.58 Å². The molecule has 0 radical (unpaired) electrons. The fourth-order valence-electron chi connectivity index (χ4n) is 0.854. The van der Waals surface area contributed by atoms with Gasteiger partial charge >= 0.3 is 15.0 Å². The van der Waals surface area contributed by atoms with Crippen molar-refractivity contribution in [1.29, 1.82) is 0 Å². The van der Waals surface area contributed by atoms with Gasteiger partial charge in [-0.3, -0.25) is 4.89 Å². The molecule has 0 fully saturated rings. The number of rotatable bonds is 9. The fourth-order valence-corrected chi connectivity index (χ4v) is 2.49. The first kappa shape index (κ1) is 15.3. The van der Waals surface area contributed by atoms with Crippen LogP contribution in [-0.2, 0) is 27.5 Å². The van der Waals surface area contributed by atoms with Crippen LogP contribution in [-0.4, -0.2) is 34.8 Å². The molecule has 0 aromatic carbocycles. The second kappa shape index (κ2) is 8.42. The van der Waals surface area contributed by atoms with Gasteiger partial charge in [0.2, 0.25) is 0 Å². The summed E-state index contributed by atoms with van der Waals surface area (Å²) in [4.78, 5) is 15.3. The monoisotopic (exact) mass is 250 g/mol. The van der Waals surface area contributed by atoms with Crippen LogP contribution in [0.15, 0.2) is 12.7 Å². The Hall–Kier alpha value is -0.733. The molecule has 0 saturated carbocycles. The summed E-state index contributed by atoms with van der Waals surface area (Å²) in [5.41, 5.74) is 0. The Balaban J connectivity index is 4.45. The van der Waals surface area contributed by atoms with Gasteiger partial charge in [-0.25, -0.2) is 4.79 Å². The van der Waals surface area contributed by atoms with Crippen LogP contribution in [0.3, 0.4) is 0 Å². The van der Waals surface area contributed by atoms with Gasteiger partial charge in [-0.2, -0.15) is 0 Å². The van der Waals surface area contributed by atoms with Crippen LogP contribution in [0.4, 0.5) is 0 Å². The zero-order valence-electron chi connectivity index (χ0n) is 9.86. The van der Waals surface area contributed by atoms with Crippen molar-refractivity contribution in [3.63, 3.8) is 0 Å². The Morgan fingerprint density at radius 2 is 1.56 bits per heavy atom. The molecule has 0 spiro atoms. The summed E-state index contributed by atoms with van der Waals surface area (Å²) in [6.45, 7) is 9.52. The van der Waals surface area contributed by atoms with Gasteiger partial charge in [0.05, 0.1) is 0 Å². The highest BCUT2D eigenvalue weighted by Gasteiger charge is 2.48. The molecule has 0 aliphatic heterocycles. The van der Waals surface area contributed by atoms with Crippen molar-refractivity contribution >= 4 is 15.0 Å². The molecule has 0 heterocycles. The summed E-state index contributed by atoms with van der Waals surface area (Å²) in [6.07, 6.45) is 0.975. The average Bonchev–Trinajstić information content (AvgIpc) is 2.27. The third-order valence-electron chi connectivity index (χ3n) is 1.36. The van der Waals surface area contributed by atoms with E-state index in [4.69, 9.17) is 17.9 Å². The van der Waals surface area contributed by atoms with Gasteiger partial charge in [0, 0.05) is 25.9 Å². The predicted octanol–water partition coefficient (Wildman–Crippen LogP) is 1.19. The molecule has 0 aromatic heterocycles. The summed E-state index contributed by atoms with van der Waals surface area (Å²) in [7, 11) is -3.37. The Labute approximate surface area is 96.5 Å². The van der Waals surface area contributed by atoms with Crippen LogP contribution < -0.4 is 0 Å². The average molecular weight is 250 g/mol. The van der Waals surface area contributed by atoms with Crippen molar-refractivity contribution in [2.45, 2.75) is 20.8 Å². The summed E-state index contributed by atoms with van der Waals surface area (Å²) in [5.74, 6) is -0.726. The summed E-state index contributed by atoms with van der Waals surface area (Å²) < 4.78 is 20.7. The van der Waals surface area contributed by atoms with E-state index in [-0.39, 0.29) is 0 Å². The lowest BCUT2D eigenvalue weighted by molar-refractivity contribution is -0.254. The summed E-state index contributed by atoms with van der Waals surface area (Å²) >= 11 is 0. The second-order valence-corrected chi connectivity index (χ2v) is 4.52. The number of carbonyl (C=O) groups is 1. The highest BCUT2D eigenvalue weighted by atomic mass is 28.4. The molecule has 0 unspecified atom stereocenters. The third-order valence-corrected chi connectivity index (χ3v) is 3.57. The van der Waals surface area contributed by atoms with Crippen molar-refractivity contribution < 1.29 is 27.5 Å². The van der Waals surface area contributed by atoms with E-state index in [1.54, 1.807) is 20.8 Å². The molecule has 0 aliphatic rings. The molecule has 0 rings (SSSR count). The topological polar surface area (TPSA) is 63.2 Å². The van der Waals surface area contributed by atoms with Gasteiger partial charge < -0.3 is 13.3 Å². The van der Waals surface area contributed by atoms with Crippen molar-refractivity contribution in [2.75, 3.05) is 19.8 Å². The lowest BCUT2D eigenvalue weighted by Crippen LogP contribution is -2.49. The molecule has 0 aliphatic carbocycles. The number of carbonyl (C=O) groups excluding carboxylic acids is 1. The maximum absolute atomic E-state index is 10.9. The van der Waals surface area contributed by atoms with Gasteiger partial charge in [0.25, 0.3) is 0 Å². The molecule has 0 atom stereocenters. The second-order valence-electron chi connectivity index (χ2n) is 2.49. The zero-order valence-corrected chi connectivity index (χ0v) is 10.9. The molecular weight excluding hydrogens is 232 g/mol. The number of hydrogen-bond donors (Lipinski definition) is 0. The number of hydrogen-bond acceptors (Lipinski definition) is 6. The van der Waals surface area contributed by atoms with Crippen LogP contribution in [0.5, 0.6) is 0 Å². The van der Waals surface area contributed by atoms with E-state index < -0.39 is 15.0 Å². The molecule has 6 nitrogen and oxygen atoms in total. The quantitative estimate of drug-likeness (QED) is 0.265. The third kappa shape index (κ3) is 5.38. The fraction of sp³-hybridized carbons (Fsp3) is 0.667. The Bertz CT molecular complexity index is 203. The van der Waals surface area contributed by atoms with E-state index >= 15 is 0 Å². The minimum Gasteiger partial charge on any atom is -0.350 e. The van der Waals surface area contributed by atoms with Crippen molar-refractivity contribution in [2.24, 2.45) is 0 Å². The van der Waals surface area contributed by atoms with E-state index in [0.29, 0.717) is 19.8 Å². The first-order valence-corrected chi connectivity index (χ1v) is 6.71. The summed E-state index contributed by atoms with van der Waals surface area (Å²) in [5, 5.41) is 0. The molecule has 0 amide bonds. The van der Waals surface area contributed by atoms with Crippen LogP contribution in [0.2, 0.25) is 0 Å². The van der Waals surface area contributed by atoms with Crippen LogP contribution in [0.1, 0.15) is 20.8 Å². The van der Waals surface area contributed by atoms with Crippen molar-refractivity contribution in [3.05, 3.63) is 12.7 Å². The van der Waals surface area contributed by atoms with Gasteiger partial charge in [-0.05, 0) is 20.8 Å². The molecule has 94 valence electrons. The standard InChI is InChI=1S/C9H18O6Si/c1-5-9(10)14-15-16(11-6-2,12-7-3)13-8-4/h5H,1,6-8H2,2-4H3. The molecule has 7 heteroatoms. The maximum Gasteiger partial charge on any atom is 0.717 e. The van der Waals surface area contributed by atoms with E-state index in [9.17, 15) is 4.79 Å². The smallest absolute Gasteiger partial charge is 0.350 e. The maximum atomic E-state index is 10.9. The first-order chi connectivity index (χ1) is 7.64. The van der Waals surface area contributed by atoms with Crippen LogP contribution in [0, 0.1) is 0 Å². The Kier molecular flexibility index (Phi) is 8.04. The predicted molar refractivity (Wildman–Crippen MR) is 58.0 cm³/mol. The molecule has 16 heavy (non-hydrogen) atoms. The van der Waals surface area contributed by atoms with Crippen LogP contribution >= 0.6 is 0 Å². The van der Waals surface area contributed by atoms with Crippen LogP contribution in [0.25, 0.3) is 0 Å². The minimum atomic E-state index is -3.37. The lowest BCUT2D eigenvalue weighted by Gasteiger charge is -2.24.